The summed E-state index contributed by atoms with van der Waals surface area (Å²) in [6.45, 7) is 3.71. The van der Waals surface area contributed by atoms with Crippen LogP contribution in [0.1, 0.15) is 22.4 Å². The number of hydrogen-bond donors (Lipinski definition) is 0. The molecular formula is C15H10ClFN2. The van der Waals surface area contributed by atoms with E-state index in [-0.39, 0.29) is 5.82 Å². The summed E-state index contributed by atoms with van der Waals surface area (Å²) in [7, 11) is 0. The molecule has 0 radical (unpaired) electrons. The maximum Gasteiger partial charge on any atom is 0.152 e. The third kappa shape index (κ3) is 2.06. The first-order valence-corrected chi connectivity index (χ1v) is 6.21. The third-order valence-electron chi connectivity index (χ3n) is 3.17. The Kier molecular flexibility index (Phi) is 2.91. The van der Waals surface area contributed by atoms with Crippen LogP contribution in [-0.4, -0.2) is 10.2 Å². The van der Waals surface area contributed by atoms with Gasteiger partial charge in [-0.1, -0.05) is 30.3 Å². The fourth-order valence-corrected chi connectivity index (χ4v) is 2.43. The molecule has 0 unspecified atom stereocenters. The van der Waals surface area contributed by atoms with E-state index in [9.17, 15) is 4.39 Å². The van der Waals surface area contributed by atoms with Crippen molar-refractivity contribution in [3.05, 3.63) is 64.2 Å². The minimum absolute atomic E-state index is 0.208. The number of aromatic nitrogens is 2. The van der Waals surface area contributed by atoms with E-state index in [1.54, 1.807) is 18.2 Å². The molecule has 0 fully saturated rings. The van der Waals surface area contributed by atoms with E-state index in [1.165, 1.54) is 6.07 Å². The van der Waals surface area contributed by atoms with Gasteiger partial charge in [-0.3, -0.25) is 0 Å². The Morgan fingerprint density at radius 1 is 1.32 bits per heavy atom. The van der Waals surface area contributed by atoms with E-state index in [1.807, 2.05) is 12.1 Å². The fraction of sp³-hybridized carbons (Fsp3) is 0.0667. The molecule has 0 bridgehead atoms. The first-order chi connectivity index (χ1) is 9.19. The van der Waals surface area contributed by atoms with Crippen molar-refractivity contribution < 1.29 is 4.39 Å². The average molecular weight is 273 g/mol. The molecule has 1 aliphatic rings. The van der Waals surface area contributed by atoms with Crippen LogP contribution in [0.4, 0.5) is 4.39 Å². The molecule has 2 aromatic rings. The second-order valence-electron chi connectivity index (χ2n) is 4.33. The normalized spacial score (nSPS) is 13.1. The van der Waals surface area contributed by atoms with Gasteiger partial charge >= 0.3 is 0 Å². The molecule has 4 heteroatoms. The Morgan fingerprint density at radius 3 is 2.89 bits per heavy atom. The highest BCUT2D eigenvalue weighted by atomic mass is 35.5. The van der Waals surface area contributed by atoms with Gasteiger partial charge in [-0.05, 0) is 41.8 Å². The standard InChI is InChI=1S/C15H10ClFN2/c1-2-14-12(8-15(16)19-18-14)10-6-9-4-3-5-13(17)11(9)7-10/h2-5,7-8H,1,6H2. The number of rotatable bonds is 2. The van der Waals surface area contributed by atoms with E-state index >= 15 is 0 Å². The number of nitrogens with zero attached hydrogens (tertiary/aromatic N) is 2. The summed E-state index contributed by atoms with van der Waals surface area (Å²) in [5.41, 5.74) is 4.10. The van der Waals surface area contributed by atoms with Gasteiger partial charge in [0, 0.05) is 11.1 Å². The van der Waals surface area contributed by atoms with E-state index in [0.717, 1.165) is 16.7 Å². The van der Waals surface area contributed by atoms with E-state index < -0.39 is 0 Å². The Balaban J connectivity index is 2.12. The van der Waals surface area contributed by atoms with Crippen molar-refractivity contribution >= 4 is 29.3 Å². The maximum atomic E-state index is 13.7. The quantitative estimate of drug-likeness (QED) is 0.825. The Bertz CT molecular complexity index is 707. The molecule has 0 atom stereocenters. The van der Waals surface area contributed by atoms with Crippen LogP contribution < -0.4 is 0 Å². The Morgan fingerprint density at radius 2 is 2.16 bits per heavy atom. The lowest BCUT2D eigenvalue weighted by Gasteiger charge is -2.05. The number of hydrogen-bond acceptors (Lipinski definition) is 2. The van der Waals surface area contributed by atoms with Gasteiger partial charge in [0.05, 0.1) is 5.69 Å². The summed E-state index contributed by atoms with van der Waals surface area (Å²) in [5, 5.41) is 8.10. The second kappa shape index (κ2) is 4.59. The van der Waals surface area contributed by atoms with Crippen LogP contribution in [0.5, 0.6) is 0 Å². The summed E-state index contributed by atoms with van der Waals surface area (Å²) < 4.78 is 13.7. The average Bonchev–Trinajstić information content (AvgIpc) is 2.84. The van der Waals surface area contributed by atoms with Gasteiger partial charge in [-0.2, -0.15) is 0 Å². The lowest BCUT2D eigenvalue weighted by molar-refractivity contribution is 0.624. The minimum atomic E-state index is -0.208. The van der Waals surface area contributed by atoms with Crippen LogP contribution in [0.3, 0.4) is 0 Å². The third-order valence-corrected chi connectivity index (χ3v) is 3.36. The topological polar surface area (TPSA) is 25.8 Å². The van der Waals surface area contributed by atoms with Crippen molar-refractivity contribution in [1.29, 1.82) is 0 Å². The van der Waals surface area contributed by atoms with Crippen molar-refractivity contribution in [2.45, 2.75) is 6.42 Å². The summed E-state index contributed by atoms with van der Waals surface area (Å²) >= 11 is 5.89. The van der Waals surface area contributed by atoms with Crippen molar-refractivity contribution in [2.75, 3.05) is 0 Å². The number of allylic oxidation sites excluding steroid dienone is 1. The highest BCUT2D eigenvalue weighted by Crippen LogP contribution is 2.34. The summed E-state index contributed by atoms with van der Waals surface area (Å²) in [6, 6.07) is 6.84. The predicted octanol–water partition coefficient (Wildman–Crippen LogP) is 4.01. The highest BCUT2D eigenvalue weighted by Gasteiger charge is 2.19. The zero-order chi connectivity index (χ0) is 13.4. The smallest absolute Gasteiger partial charge is 0.152 e. The maximum absolute atomic E-state index is 13.7. The monoisotopic (exact) mass is 272 g/mol. The van der Waals surface area contributed by atoms with Crippen LogP contribution in [0.15, 0.2) is 30.8 Å². The van der Waals surface area contributed by atoms with Crippen molar-refractivity contribution in [3.8, 4) is 0 Å². The molecule has 1 aromatic heterocycles. The van der Waals surface area contributed by atoms with Crippen molar-refractivity contribution in [2.24, 2.45) is 0 Å². The molecule has 1 aliphatic carbocycles. The van der Waals surface area contributed by atoms with Gasteiger partial charge in [-0.15, -0.1) is 10.2 Å². The van der Waals surface area contributed by atoms with Crippen LogP contribution in [-0.2, 0) is 6.42 Å². The highest BCUT2D eigenvalue weighted by molar-refractivity contribution is 6.29. The van der Waals surface area contributed by atoms with Crippen LogP contribution >= 0.6 is 11.6 Å². The molecule has 0 spiro atoms. The summed E-state index contributed by atoms with van der Waals surface area (Å²) in [4.78, 5) is 0. The second-order valence-corrected chi connectivity index (χ2v) is 4.72. The van der Waals surface area contributed by atoms with Crippen molar-refractivity contribution in [3.63, 3.8) is 0 Å². The Hall–Kier alpha value is -2.00. The molecule has 3 rings (SSSR count). The van der Waals surface area contributed by atoms with E-state index in [2.05, 4.69) is 16.8 Å². The number of halogens is 2. The zero-order valence-corrected chi connectivity index (χ0v) is 10.8. The largest absolute Gasteiger partial charge is 0.206 e. The number of benzene rings is 1. The first kappa shape index (κ1) is 12.1. The Labute approximate surface area is 115 Å². The predicted molar refractivity (Wildman–Crippen MR) is 75.1 cm³/mol. The molecule has 19 heavy (non-hydrogen) atoms. The zero-order valence-electron chi connectivity index (χ0n) is 10.0. The molecule has 0 N–H and O–H groups in total. The van der Waals surface area contributed by atoms with Gasteiger partial charge in [-0.25, -0.2) is 4.39 Å². The SMILES string of the molecule is C=Cc1nnc(Cl)cc1C1=Cc2c(F)cccc2C1. The van der Waals surface area contributed by atoms with Crippen LogP contribution in [0, 0.1) is 5.82 Å². The summed E-state index contributed by atoms with van der Waals surface area (Å²) in [6.07, 6.45) is 4.12. The van der Waals surface area contributed by atoms with Crippen LogP contribution in [0.2, 0.25) is 5.15 Å². The molecule has 1 heterocycles. The molecule has 0 saturated heterocycles. The molecule has 0 amide bonds. The number of fused-ring (bicyclic) bond motifs is 1. The van der Waals surface area contributed by atoms with Gasteiger partial charge in [0.1, 0.15) is 5.82 Å². The van der Waals surface area contributed by atoms with Gasteiger partial charge in [0.15, 0.2) is 5.15 Å². The minimum Gasteiger partial charge on any atom is -0.206 e. The van der Waals surface area contributed by atoms with Gasteiger partial charge in [0.25, 0.3) is 0 Å². The molecule has 94 valence electrons. The summed E-state index contributed by atoms with van der Waals surface area (Å²) in [5.74, 6) is -0.208. The molecule has 1 aromatic carbocycles. The van der Waals surface area contributed by atoms with Gasteiger partial charge in [0.2, 0.25) is 0 Å². The lowest BCUT2D eigenvalue weighted by atomic mass is 10.0. The molecular weight excluding hydrogens is 263 g/mol. The van der Waals surface area contributed by atoms with Crippen molar-refractivity contribution in [1.82, 2.24) is 10.2 Å². The van der Waals surface area contributed by atoms with E-state index in [4.69, 9.17) is 11.6 Å². The first-order valence-electron chi connectivity index (χ1n) is 5.83. The molecule has 2 nitrogen and oxygen atoms in total. The molecule has 0 saturated carbocycles. The molecule has 0 aliphatic heterocycles. The lowest BCUT2D eigenvalue weighted by Crippen LogP contribution is -1.95. The fourth-order valence-electron chi connectivity index (χ4n) is 2.29. The van der Waals surface area contributed by atoms with Gasteiger partial charge < -0.3 is 0 Å². The van der Waals surface area contributed by atoms with Crippen LogP contribution in [0.25, 0.3) is 17.7 Å². The van der Waals surface area contributed by atoms with E-state index in [0.29, 0.717) is 22.8 Å².